The Labute approximate surface area is 108 Å². The Morgan fingerprint density at radius 3 is 2.59 bits per heavy atom. The number of pyridine rings is 1. The number of carbonyl (C=O) groups is 1. The minimum atomic E-state index is -1.38. The van der Waals surface area contributed by atoms with E-state index in [1.165, 1.54) is 0 Å². The highest BCUT2D eigenvalue weighted by molar-refractivity contribution is 6.37. The van der Waals surface area contributed by atoms with Crippen molar-refractivity contribution < 1.29 is 15.0 Å². The zero-order chi connectivity index (χ0) is 13.2. The lowest BCUT2D eigenvalue weighted by atomic mass is 10.1. The van der Waals surface area contributed by atoms with Crippen LogP contribution in [0.1, 0.15) is 34.6 Å². The molecule has 0 aliphatic carbocycles. The van der Waals surface area contributed by atoms with E-state index in [1.807, 2.05) is 5.92 Å². The molecule has 0 aromatic carbocycles. The summed E-state index contributed by atoms with van der Waals surface area (Å²) in [4.78, 5) is 15.0. The van der Waals surface area contributed by atoms with E-state index in [2.05, 4.69) is 4.98 Å². The third kappa shape index (κ3) is 2.52. The number of aliphatic hydroxyl groups excluding tert-OH is 1. The monoisotopic (exact) mass is 273 g/mol. The maximum absolute atomic E-state index is 11.1. The second-order valence-electron chi connectivity index (χ2n) is 3.18. The predicted octanol–water partition coefficient (Wildman–Crippen LogP) is 2.32. The minimum Gasteiger partial charge on any atom is -0.478 e. The number of aryl methyl sites for hydroxylation is 1. The average Bonchev–Trinajstić information content (AvgIpc) is 2.26. The van der Waals surface area contributed by atoms with Crippen molar-refractivity contribution in [1.82, 2.24) is 4.98 Å². The molecule has 4 nitrogen and oxygen atoms in total. The van der Waals surface area contributed by atoms with Crippen LogP contribution in [0.15, 0.2) is 0 Å². The Morgan fingerprint density at radius 2 is 2.18 bits per heavy atom. The Bertz CT molecular complexity index is 508. The van der Waals surface area contributed by atoms with Crippen molar-refractivity contribution in [3.05, 3.63) is 27.0 Å². The summed E-state index contributed by atoms with van der Waals surface area (Å²) >= 11 is 11.7. The van der Waals surface area contributed by atoms with Crippen LogP contribution in [0.25, 0.3) is 0 Å². The van der Waals surface area contributed by atoms with Gasteiger partial charge < -0.3 is 10.2 Å². The lowest BCUT2D eigenvalue weighted by Gasteiger charge is -2.13. The van der Waals surface area contributed by atoms with Crippen molar-refractivity contribution in [2.75, 3.05) is 0 Å². The first kappa shape index (κ1) is 13.8. The predicted molar refractivity (Wildman–Crippen MR) is 64.4 cm³/mol. The van der Waals surface area contributed by atoms with Gasteiger partial charge in [0.05, 0.1) is 10.7 Å². The number of aromatic carboxylic acids is 1. The zero-order valence-electron chi connectivity index (χ0n) is 8.87. The van der Waals surface area contributed by atoms with Crippen LogP contribution in [0.2, 0.25) is 10.2 Å². The number of aromatic nitrogens is 1. The lowest BCUT2D eigenvalue weighted by Crippen LogP contribution is -2.10. The van der Waals surface area contributed by atoms with Crippen LogP contribution < -0.4 is 0 Å². The molecule has 1 rings (SSSR count). The van der Waals surface area contributed by atoms with Crippen LogP contribution in [-0.4, -0.2) is 21.2 Å². The van der Waals surface area contributed by atoms with E-state index in [4.69, 9.17) is 34.7 Å². The topological polar surface area (TPSA) is 70.4 Å². The Morgan fingerprint density at radius 1 is 1.59 bits per heavy atom. The number of terminal acetylenes is 1. The van der Waals surface area contributed by atoms with Gasteiger partial charge in [-0.15, -0.1) is 6.42 Å². The normalized spacial score (nSPS) is 11.9. The highest BCUT2D eigenvalue weighted by Gasteiger charge is 2.24. The van der Waals surface area contributed by atoms with Crippen LogP contribution in [0.3, 0.4) is 0 Å². The number of hydrogen-bond donors (Lipinski definition) is 2. The number of carboxylic acids is 1. The van der Waals surface area contributed by atoms with Gasteiger partial charge in [-0.2, -0.15) is 0 Å². The molecule has 1 aromatic rings. The Kier molecular flexibility index (Phi) is 4.35. The first-order valence-electron chi connectivity index (χ1n) is 4.69. The van der Waals surface area contributed by atoms with Crippen molar-refractivity contribution in [3.63, 3.8) is 0 Å². The summed E-state index contributed by atoms with van der Waals surface area (Å²) in [5, 5.41) is 18.3. The molecule has 6 heteroatoms. The van der Waals surface area contributed by atoms with Crippen LogP contribution in [0.5, 0.6) is 0 Å². The molecule has 0 saturated heterocycles. The molecular formula is C11H9Cl2NO3. The zero-order valence-corrected chi connectivity index (χ0v) is 10.4. The smallest absolute Gasteiger partial charge is 0.339 e. The highest BCUT2D eigenvalue weighted by atomic mass is 35.5. The van der Waals surface area contributed by atoms with E-state index in [1.54, 1.807) is 6.92 Å². The van der Waals surface area contributed by atoms with Crippen molar-refractivity contribution >= 4 is 29.2 Å². The number of carboxylic acid groups (broad SMARTS) is 1. The van der Waals surface area contributed by atoms with Crippen molar-refractivity contribution in [3.8, 4) is 12.3 Å². The minimum absolute atomic E-state index is 0.0505. The summed E-state index contributed by atoms with van der Waals surface area (Å²) in [5.41, 5.74) is 0.0220. The quantitative estimate of drug-likeness (QED) is 0.655. The van der Waals surface area contributed by atoms with Crippen LogP contribution >= 0.6 is 23.2 Å². The van der Waals surface area contributed by atoms with E-state index in [0.717, 1.165) is 0 Å². The molecule has 0 aliphatic heterocycles. The van der Waals surface area contributed by atoms with Gasteiger partial charge in [0.2, 0.25) is 0 Å². The van der Waals surface area contributed by atoms with Gasteiger partial charge in [0.15, 0.2) is 0 Å². The van der Waals surface area contributed by atoms with E-state index in [9.17, 15) is 9.90 Å². The first-order valence-corrected chi connectivity index (χ1v) is 5.44. The van der Waals surface area contributed by atoms with Gasteiger partial charge in [0, 0.05) is 5.56 Å². The highest BCUT2D eigenvalue weighted by Crippen LogP contribution is 2.33. The summed E-state index contributed by atoms with van der Waals surface area (Å²) in [7, 11) is 0. The van der Waals surface area contributed by atoms with E-state index < -0.39 is 12.1 Å². The number of hydrogen-bond acceptors (Lipinski definition) is 3. The van der Waals surface area contributed by atoms with Crippen molar-refractivity contribution in [1.29, 1.82) is 0 Å². The van der Waals surface area contributed by atoms with Gasteiger partial charge in [-0.3, -0.25) is 0 Å². The van der Waals surface area contributed by atoms with Crippen LogP contribution in [0.4, 0.5) is 0 Å². The van der Waals surface area contributed by atoms with Crippen LogP contribution in [-0.2, 0) is 6.42 Å². The fourth-order valence-corrected chi connectivity index (χ4v) is 2.11. The van der Waals surface area contributed by atoms with Crippen molar-refractivity contribution in [2.45, 2.75) is 19.4 Å². The van der Waals surface area contributed by atoms with Gasteiger partial charge >= 0.3 is 5.97 Å². The van der Waals surface area contributed by atoms with E-state index in [0.29, 0.717) is 6.42 Å². The molecule has 1 aromatic heterocycles. The Hall–Kier alpha value is -1.28. The molecule has 1 unspecified atom stereocenters. The molecule has 0 bridgehead atoms. The number of nitrogens with zero attached hydrogens (tertiary/aromatic N) is 1. The average molecular weight is 274 g/mol. The fraction of sp³-hybridized carbons (Fsp3) is 0.273. The molecule has 0 spiro atoms. The number of halogens is 2. The van der Waals surface area contributed by atoms with E-state index in [-0.39, 0.29) is 27.0 Å². The second kappa shape index (κ2) is 5.37. The summed E-state index contributed by atoms with van der Waals surface area (Å²) in [5.74, 6) is 0.785. The number of aliphatic hydroxyl groups is 1. The third-order valence-corrected chi connectivity index (χ3v) is 2.86. The SMILES string of the molecule is C#CC(O)c1c(Cl)nc(CC)c(C(=O)O)c1Cl. The first-order chi connectivity index (χ1) is 7.93. The molecule has 1 atom stereocenters. The Balaban J connectivity index is 3.61. The maximum atomic E-state index is 11.1. The molecule has 1 heterocycles. The lowest BCUT2D eigenvalue weighted by molar-refractivity contribution is 0.0695. The largest absolute Gasteiger partial charge is 0.478 e. The fourth-order valence-electron chi connectivity index (χ4n) is 1.38. The molecule has 0 fully saturated rings. The standard InChI is InChI=1S/C11H9Cl2NO3/c1-3-5-7(11(16)17)9(12)8(6(15)4-2)10(13)14-5/h2,6,15H,3H2,1H3,(H,16,17). The molecule has 90 valence electrons. The van der Waals surface area contributed by atoms with Gasteiger partial charge in [-0.25, -0.2) is 9.78 Å². The maximum Gasteiger partial charge on any atom is 0.339 e. The van der Waals surface area contributed by atoms with Gasteiger partial charge in [0.25, 0.3) is 0 Å². The van der Waals surface area contributed by atoms with Gasteiger partial charge in [-0.05, 0) is 6.42 Å². The van der Waals surface area contributed by atoms with Crippen molar-refractivity contribution in [2.24, 2.45) is 0 Å². The number of rotatable bonds is 3. The molecule has 2 N–H and O–H groups in total. The molecule has 0 radical (unpaired) electrons. The summed E-state index contributed by atoms with van der Waals surface area (Å²) < 4.78 is 0. The van der Waals surface area contributed by atoms with E-state index >= 15 is 0 Å². The molecule has 0 amide bonds. The third-order valence-electron chi connectivity index (χ3n) is 2.18. The summed E-state index contributed by atoms with van der Waals surface area (Å²) in [6.07, 6.45) is 4.02. The molecule has 0 saturated carbocycles. The molecule has 17 heavy (non-hydrogen) atoms. The van der Waals surface area contributed by atoms with Gasteiger partial charge in [-0.1, -0.05) is 36.0 Å². The second-order valence-corrected chi connectivity index (χ2v) is 3.92. The molecular weight excluding hydrogens is 265 g/mol. The summed E-state index contributed by atoms with van der Waals surface area (Å²) in [6.45, 7) is 1.72. The van der Waals surface area contributed by atoms with Gasteiger partial charge in [0.1, 0.15) is 16.8 Å². The molecule has 0 aliphatic rings. The summed E-state index contributed by atoms with van der Waals surface area (Å²) in [6, 6.07) is 0. The van der Waals surface area contributed by atoms with Crippen LogP contribution in [0, 0.1) is 12.3 Å².